The Kier molecular flexibility index (Phi) is 7.82. The van der Waals surface area contributed by atoms with Gasteiger partial charge in [0.15, 0.2) is 0 Å². The van der Waals surface area contributed by atoms with Crippen molar-refractivity contribution in [3.05, 3.63) is 106 Å². The number of benzene rings is 4. The molecule has 0 saturated carbocycles. The van der Waals surface area contributed by atoms with E-state index in [4.69, 9.17) is 0 Å². The first-order chi connectivity index (χ1) is 18.2. The second kappa shape index (κ2) is 11.4. The van der Waals surface area contributed by atoms with Crippen molar-refractivity contribution in [3.63, 3.8) is 0 Å². The average molecular weight is 496 g/mol. The van der Waals surface area contributed by atoms with Crippen molar-refractivity contribution in [2.45, 2.75) is 63.7 Å². The van der Waals surface area contributed by atoms with Gasteiger partial charge < -0.3 is 5.32 Å². The topological polar surface area (TPSA) is 58.4 Å². The van der Waals surface area contributed by atoms with Crippen LogP contribution < -0.4 is 5.32 Å². The third kappa shape index (κ3) is 4.86. The Morgan fingerprint density at radius 2 is 1.30 bits per heavy atom. The molecular formula is C32H37N3O2. The van der Waals surface area contributed by atoms with Crippen molar-refractivity contribution in [3.8, 4) is 0 Å². The Balaban J connectivity index is 1.73. The fraction of sp³-hybridized carbons (Fsp3) is 0.375. The van der Waals surface area contributed by atoms with E-state index in [0.29, 0.717) is 0 Å². The molecule has 1 heterocycles. The van der Waals surface area contributed by atoms with Crippen LogP contribution in [-0.2, 0) is 0 Å². The molecular weight excluding hydrogens is 458 g/mol. The molecule has 0 aliphatic carbocycles. The fourth-order valence-corrected chi connectivity index (χ4v) is 6.25. The lowest BCUT2D eigenvalue weighted by Gasteiger charge is -2.32. The molecule has 0 spiro atoms. The SMILES string of the molecule is CCCCN[C@H]1[C@H]([N+](=O)[O-])[C@@H](c2cccc3ccccc23)N(CCCC)[C@@H]1c1cccc2ccccc12. The van der Waals surface area contributed by atoms with Crippen molar-refractivity contribution in [2.75, 3.05) is 13.1 Å². The second-order valence-corrected chi connectivity index (χ2v) is 10.2. The lowest BCUT2D eigenvalue weighted by atomic mass is 9.90. The zero-order valence-electron chi connectivity index (χ0n) is 21.8. The highest BCUT2D eigenvalue weighted by atomic mass is 16.6. The van der Waals surface area contributed by atoms with Crippen LogP contribution in [0.3, 0.4) is 0 Å². The maximum atomic E-state index is 13.0. The maximum Gasteiger partial charge on any atom is 0.249 e. The molecule has 37 heavy (non-hydrogen) atoms. The first-order valence-electron chi connectivity index (χ1n) is 13.7. The molecule has 1 aliphatic heterocycles. The summed E-state index contributed by atoms with van der Waals surface area (Å²) in [4.78, 5) is 15.4. The van der Waals surface area contributed by atoms with Gasteiger partial charge in [-0.3, -0.25) is 15.0 Å². The molecule has 0 aromatic heterocycles. The van der Waals surface area contributed by atoms with E-state index in [1.807, 2.05) is 12.1 Å². The van der Waals surface area contributed by atoms with Crippen LogP contribution in [0, 0.1) is 10.1 Å². The number of likely N-dealkylation sites (tertiary alicyclic amines) is 1. The number of nitrogens with zero attached hydrogens (tertiary/aromatic N) is 2. The maximum absolute atomic E-state index is 13.0. The predicted octanol–water partition coefficient (Wildman–Crippen LogP) is 7.29. The first-order valence-corrected chi connectivity index (χ1v) is 13.7. The van der Waals surface area contributed by atoms with Crippen LogP contribution in [0.4, 0.5) is 0 Å². The largest absolute Gasteiger partial charge is 0.306 e. The summed E-state index contributed by atoms with van der Waals surface area (Å²) < 4.78 is 0. The summed E-state index contributed by atoms with van der Waals surface area (Å²) in [5.41, 5.74) is 2.23. The van der Waals surface area contributed by atoms with Gasteiger partial charge in [0.1, 0.15) is 6.04 Å². The molecule has 1 saturated heterocycles. The molecule has 5 heteroatoms. The Morgan fingerprint density at radius 3 is 1.86 bits per heavy atom. The van der Waals surface area contributed by atoms with E-state index in [-0.39, 0.29) is 23.0 Å². The van der Waals surface area contributed by atoms with Crippen LogP contribution >= 0.6 is 0 Å². The highest BCUT2D eigenvalue weighted by molar-refractivity contribution is 5.87. The van der Waals surface area contributed by atoms with Gasteiger partial charge in [-0.1, -0.05) is 112 Å². The summed E-state index contributed by atoms with van der Waals surface area (Å²) in [7, 11) is 0. The van der Waals surface area contributed by atoms with Crippen LogP contribution in [0.5, 0.6) is 0 Å². The van der Waals surface area contributed by atoms with E-state index in [1.165, 1.54) is 16.3 Å². The highest BCUT2D eigenvalue weighted by Crippen LogP contribution is 2.48. The Labute approximate surface area is 219 Å². The van der Waals surface area contributed by atoms with Crippen LogP contribution in [-0.4, -0.2) is 35.0 Å². The number of nitro groups is 1. The molecule has 1 fully saturated rings. The predicted molar refractivity (Wildman–Crippen MR) is 152 cm³/mol. The Bertz CT molecular complexity index is 1360. The summed E-state index contributed by atoms with van der Waals surface area (Å²) in [6.45, 7) is 5.94. The second-order valence-electron chi connectivity index (χ2n) is 10.2. The van der Waals surface area contributed by atoms with Gasteiger partial charge in [0.05, 0.1) is 12.1 Å². The summed E-state index contributed by atoms with van der Waals surface area (Å²) in [5.74, 6) is 0. The Hall–Kier alpha value is -3.28. The summed E-state index contributed by atoms with van der Waals surface area (Å²) in [6, 6.07) is 27.9. The molecule has 4 aromatic carbocycles. The van der Waals surface area contributed by atoms with E-state index in [2.05, 4.69) is 96.9 Å². The standard InChI is InChI=1S/C32H37N3O2/c1-3-5-21-33-29-30(27-19-11-15-23-13-7-9-17-25(23)27)34(22-6-4-2)31(32(29)35(36)37)28-20-12-16-24-14-8-10-18-26(24)28/h7-20,29-33H,3-6,21-22H2,1-2H3/t29-,30-,31-,32+/m1/s1. The zero-order valence-corrected chi connectivity index (χ0v) is 21.8. The van der Waals surface area contributed by atoms with E-state index in [1.54, 1.807) is 0 Å². The lowest BCUT2D eigenvalue weighted by molar-refractivity contribution is -0.529. The number of hydrogen-bond donors (Lipinski definition) is 1. The van der Waals surface area contributed by atoms with Crippen LogP contribution in [0.2, 0.25) is 0 Å². The summed E-state index contributed by atoms with van der Waals surface area (Å²) in [5, 5.41) is 21.2. The van der Waals surface area contributed by atoms with Gasteiger partial charge in [0.25, 0.3) is 0 Å². The first kappa shape index (κ1) is 25.4. The minimum atomic E-state index is -0.761. The monoisotopic (exact) mass is 495 g/mol. The molecule has 1 aliphatic rings. The molecule has 4 aromatic rings. The van der Waals surface area contributed by atoms with Gasteiger partial charge in [-0.15, -0.1) is 0 Å². The molecule has 0 unspecified atom stereocenters. The molecule has 1 N–H and O–H groups in total. The molecule has 0 bridgehead atoms. The number of hydrogen-bond acceptors (Lipinski definition) is 4. The highest BCUT2D eigenvalue weighted by Gasteiger charge is 2.56. The molecule has 192 valence electrons. The van der Waals surface area contributed by atoms with Gasteiger partial charge in [0.2, 0.25) is 6.04 Å². The molecule has 0 amide bonds. The van der Waals surface area contributed by atoms with Crippen molar-refractivity contribution in [1.29, 1.82) is 0 Å². The van der Waals surface area contributed by atoms with E-state index < -0.39 is 6.04 Å². The lowest BCUT2D eigenvalue weighted by Crippen LogP contribution is -2.45. The summed E-state index contributed by atoms with van der Waals surface area (Å²) >= 11 is 0. The van der Waals surface area contributed by atoms with Crippen molar-refractivity contribution in [1.82, 2.24) is 10.2 Å². The van der Waals surface area contributed by atoms with Crippen molar-refractivity contribution >= 4 is 21.5 Å². The van der Waals surface area contributed by atoms with E-state index in [9.17, 15) is 10.1 Å². The third-order valence-corrected chi connectivity index (χ3v) is 7.95. The average Bonchev–Trinajstić information content (AvgIpc) is 3.25. The summed E-state index contributed by atoms with van der Waals surface area (Å²) in [6.07, 6.45) is 4.08. The zero-order chi connectivity index (χ0) is 25.8. The van der Waals surface area contributed by atoms with Crippen molar-refractivity contribution < 1.29 is 4.92 Å². The Morgan fingerprint density at radius 1 is 0.757 bits per heavy atom. The van der Waals surface area contributed by atoms with Crippen LogP contribution in [0.25, 0.3) is 21.5 Å². The minimum Gasteiger partial charge on any atom is -0.306 e. The molecule has 5 rings (SSSR count). The third-order valence-electron chi connectivity index (χ3n) is 7.95. The van der Waals surface area contributed by atoms with E-state index in [0.717, 1.165) is 55.1 Å². The van der Waals surface area contributed by atoms with Crippen molar-refractivity contribution in [2.24, 2.45) is 0 Å². The van der Waals surface area contributed by atoms with Gasteiger partial charge in [-0.25, -0.2) is 0 Å². The number of fused-ring (bicyclic) bond motifs is 2. The molecule has 0 radical (unpaired) electrons. The quantitative estimate of drug-likeness (QED) is 0.142. The molecule has 5 nitrogen and oxygen atoms in total. The van der Waals surface area contributed by atoms with Gasteiger partial charge in [-0.2, -0.15) is 0 Å². The number of rotatable bonds is 10. The van der Waals surface area contributed by atoms with E-state index >= 15 is 0 Å². The smallest absolute Gasteiger partial charge is 0.249 e. The normalized spacial score (nSPS) is 22.1. The molecule has 4 atom stereocenters. The van der Waals surface area contributed by atoms with Gasteiger partial charge >= 0.3 is 0 Å². The number of unbranched alkanes of at least 4 members (excludes halogenated alkanes) is 2. The van der Waals surface area contributed by atoms with Gasteiger partial charge in [-0.05, 0) is 58.6 Å². The van der Waals surface area contributed by atoms with Gasteiger partial charge in [0, 0.05) is 4.92 Å². The van der Waals surface area contributed by atoms with Crippen LogP contribution in [0.15, 0.2) is 84.9 Å². The fourth-order valence-electron chi connectivity index (χ4n) is 6.25. The number of nitrogens with one attached hydrogen (secondary N) is 1. The minimum absolute atomic E-state index is 0.0138. The van der Waals surface area contributed by atoms with Crippen LogP contribution in [0.1, 0.15) is 62.7 Å².